The minimum atomic E-state index is 0.434. The first-order valence-electron chi connectivity index (χ1n) is 3.49. The van der Waals surface area contributed by atoms with E-state index in [9.17, 15) is 0 Å². The van der Waals surface area contributed by atoms with Gasteiger partial charge in [-0.25, -0.2) is 0 Å². The lowest BCUT2D eigenvalue weighted by molar-refractivity contribution is 0.861. The van der Waals surface area contributed by atoms with Crippen LogP contribution in [0.1, 0.15) is 20.8 Å². The van der Waals surface area contributed by atoms with Gasteiger partial charge in [-0.15, -0.1) is 6.58 Å². The SMILES string of the molecule is C=CC(C)C(C)=CN=CC. The molecule has 0 saturated carbocycles. The molecule has 1 heteroatoms. The number of rotatable bonds is 3. The highest BCUT2D eigenvalue weighted by Gasteiger charge is 1.95. The second-order valence-electron chi connectivity index (χ2n) is 2.30. The summed E-state index contributed by atoms with van der Waals surface area (Å²) in [5.41, 5.74) is 1.24. The third kappa shape index (κ3) is 3.23. The molecule has 0 radical (unpaired) electrons. The molecular weight excluding hydrogens is 122 g/mol. The monoisotopic (exact) mass is 137 g/mol. The van der Waals surface area contributed by atoms with Gasteiger partial charge in [0.05, 0.1) is 0 Å². The second-order valence-corrected chi connectivity index (χ2v) is 2.30. The molecule has 0 heterocycles. The first kappa shape index (κ1) is 9.15. The van der Waals surface area contributed by atoms with Gasteiger partial charge < -0.3 is 0 Å². The van der Waals surface area contributed by atoms with Crippen molar-refractivity contribution >= 4 is 6.21 Å². The van der Waals surface area contributed by atoms with E-state index in [2.05, 4.69) is 25.4 Å². The van der Waals surface area contributed by atoms with Crippen molar-refractivity contribution in [2.75, 3.05) is 0 Å². The van der Waals surface area contributed by atoms with E-state index < -0.39 is 0 Å². The Morgan fingerprint density at radius 2 is 2.20 bits per heavy atom. The van der Waals surface area contributed by atoms with Gasteiger partial charge in [0.1, 0.15) is 0 Å². The van der Waals surface area contributed by atoms with Crippen LogP contribution in [0.3, 0.4) is 0 Å². The Bertz CT molecular complexity index is 154. The fraction of sp³-hybridized carbons (Fsp3) is 0.444. The molecular formula is C9H15N. The number of aliphatic imine (C=N–C) groups is 1. The number of hydrogen-bond acceptors (Lipinski definition) is 1. The standard InChI is InChI=1S/C9H15N/c1-5-8(3)9(4)7-10-6-2/h5-8H,1H2,2-4H3. The van der Waals surface area contributed by atoms with E-state index in [-0.39, 0.29) is 0 Å². The smallest absolute Gasteiger partial charge is 0.0258 e. The summed E-state index contributed by atoms with van der Waals surface area (Å²) in [6.07, 6.45) is 5.56. The van der Waals surface area contributed by atoms with Crippen molar-refractivity contribution in [3.8, 4) is 0 Å². The van der Waals surface area contributed by atoms with E-state index in [1.165, 1.54) is 5.57 Å². The lowest BCUT2D eigenvalue weighted by atomic mass is 10.1. The maximum absolute atomic E-state index is 4.01. The molecule has 0 fully saturated rings. The lowest BCUT2D eigenvalue weighted by Crippen LogP contribution is -1.88. The van der Waals surface area contributed by atoms with Crippen LogP contribution < -0.4 is 0 Å². The Morgan fingerprint density at radius 3 is 2.60 bits per heavy atom. The van der Waals surface area contributed by atoms with Gasteiger partial charge in [-0.2, -0.15) is 0 Å². The molecule has 0 spiro atoms. The van der Waals surface area contributed by atoms with Crippen LogP contribution in [0.4, 0.5) is 0 Å². The van der Waals surface area contributed by atoms with Crippen LogP contribution in [0.15, 0.2) is 29.4 Å². The Balaban J connectivity index is 4.03. The molecule has 0 aliphatic heterocycles. The van der Waals surface area contributed by atoms with Crippen LogP contribution in [-0.4, -0.2) is 6.21 Å². The van der Waals surface area contributed by atoms with Crippen molar-refractivity contribution in [3.63, 3.8) is 0 Å². The Kier molecular flexibility index (Phi) is 4.55. The molecule has 0 aliphatic carbocycles. The van der Waals surface area contributed by atoms with Gasteiger partial charge in [0.2, 0.25) is 0 Å². The largest absolute Gasteiger partial charge is 0.269 e. The predicted molar refractivity (Wildman–Crippen MR) is 47.3 cm³/mol. The summed E-state index contributed by atoms with van der Waals surface area (Å²) in [6.45, 7) is 9.76. The maximum Gasteiger partial charge on any atom is 0.0258 e. The summed E-state index contributed by atoms with van der Waals surface area (Å²) in [4.78, 5) is 4.01. The van der Waals surface area contributed by atoms with E-state index in [4.69, 9.17) is 0 Å². The van der Waals surface area contributed by atoms with Crippen molar-refractivity contribution in [3.05, 3.63) is 24.4 Å². The van der Waals surface area contributed by atoms with Gasteiger partial charge in [0.15, 0.2) is 0 Å². The van der Waals surface area contributed by atoms with Crippen LogP contribution in [0.5, 0.6) is 0 Å². The average Bonchev–Trinajstić information content (AvgIpc) is 1.98. The van der Waals surface area contributed by atoms with Gasteiger partial charge in [0, 0.05) is 12.4 Å². The first-order valence-corrected chi connectivity index (χ1v) is 3.49. The van der Waals surface area contributed by atoms with Crippen LogP contribution >= 0.6 is 0 Å². The Morgan fingerprint density at radius 1 is 1.60 bits per heavy atom. The molecule has 1 atom stereocenters. The highest BCUT2D eigenvalue weighted by molar-refractivity contribution is 5.54. The molecule has 0 aromatic heterocycles. The zero-order valence-electron chi connectivity index (χ0n) is 6.96. The lowest BCUT2D eigenvalue weighted by Gasteiger charge is -2.02. The maximum atomic E-state index is 4.01. The number of allylic oxidation sites excluding steroid dienone is 2. The molecule has 0 amide bonds. The topological polar surface area (TPSA) is 12.4 Å². The number of nitrogens with zero attached hydrogens (tertiary/aromatic N) is 1. The van der Waals surface area contributed by atoms with E-state index in [1.54, 1.807) is 6.21 Å². The molecule has 56 valence electrons. The van der Waals surface area contributed by atoms with Crippen molar-refractivity contribution in [1.29, 1.82) is 0 Å². The van der Waals surface area contributed by atoms with Gasteiger partial charge >= 0.3 is 0 Å². The van der Waals surface area contributed by atoms with Crippen molar-refractivity contribution < 1.29 is 0 Å². The van der Waals surface area contributed by atoms with Gasteiger partial charge in [-0.05, 0) is 25.3 Å². The van der Waals surface area contributed by atoms with E-state index in [0.717, 1.165) is 0 Å². The zero-order valence-corrected chi connectivity index (χ0v) is 6.96. The summed E-state index contributed by atoms with van der Waals surface area (Å²) in [5.74, 6) is 0.434. The van der Waals surface area contributed by atoms with Crippen molar-refractivity contribution in [1.82, 2.24) is 0 Å². The normalized spacial score (nSPS) is 15.7. The Labute approximate surface area is 63.2 Å². The van der Waals surface area contributed by atoms with Crippen LogP contribution in [-0.2, 0) is 0 Å². The quantitative estimate of drug-likeness (QED) is 0.419. The van der Waals surface area contributed by atoms with Gasteiger partial charge in [-0.1, -0.05) is 13.0 Å². The molecule has 10 heavy (non-hydrogen) atoms. The highest BCUT2D eigenvalue weighted by Crippen LogP contribution is 2.09. The Hall–Kier alpha value is -0.850. The fourth-order valence-corrected chi connectivity index (χ4v) is 0.496. The van der Waals surface area contributed by atoms with Crippen LogP contribution in [0.2, 0.25) is 0 Å². The third-order valence-corrected chi connectivity index (χ3v) is 1.50. The molecule has 1 nitrogen and oxygen atoms in total. The van der Waals surface area contributed by atoms with E-state index in [1.807, 2.05) is 19.2 Å². The minimum Gasteiger partial charge on any atom is -0.269 e. The molecule has 0 aliphatic rings. The van der Waals surface area contributed by atoms with E-state index in [0.29, 0.717) is 5.92 Å². The van der Waals surface area contributed by atoms with Crippen LogP contribution in [0.25, 0.3) is 0 Å². The summed E-state index contributed by atoms with van der Waals surface area (Å²) >= 11 is 0. The third-order valence-electron chi connectivity index (χ3n) is 1.50. The summed E-state index contributed by atoms with van der Waals surface area (Å²) in [6, 6.07) is 0. The van der Waals surface area contributed by atoms with Gasteiger partial charge in [0.25, 0.3) is 0 Å². The van der Waals surface area contributed by atoms with Crippen molar-refractivity contribution in [2.24, 2.45) is 10.9 Å². The van der Waals surface area contributed by atoms with E-state index >= 15 is 0 Å². The highest BCUT2D eigenvalue weighted by atomic mass is 14.7. The average molecular weight is 137 g/mol. The van der Waals surface area contributed by atoms with Crippen molar-refractivity contribution in [2.45, 2.75) is 20.8 Å². The van der Waals surface area contributed by atoms with Gasteiger partial charge in [-0.3, -0.25) is 4.99 Å². The zero-order chi connectivity index (χ0) is 7.98. The minimum absolute atomic E-state index is 0.434. The first-order chi connectivity index (χ1) is 4.72. The molecule has 0 bridgehead atoms. The molecule has 1 unspecified atom stereocenters. The molecule has 0 saturated heterocycles. The summed E-state index contributed by atoms with van der Waals surface area (Å²) < 4.78 is 0. The molecule has 0 aromatic carbocycles. The molecule has 0 N–H and O–H groups in total. The second kappa shape index (κ2) is 4.98. The number of hydrogen-bond donors (Lipinski definition) is 0. The molecule has 0 aromatic rings. The fourth-order valence-electron chi connectivity index (χ4n) is 0.496. The summed E-state index contributed by atoms with van der Waals surface area (Å²) in [7, 11) is 0. The molecule has 0 rings (SSSR count). The predicted octanol–water partition coefficient (Wildman–Crippen LogP) is 2.80. The summed E-state index contributed by atoms with van der Waals surface area (Å²) in [5, 5.41) is 0. The van der Waals surface area contributed by atoms with Crippen LogP contribution in [0, 0.1) is 5.92 Å².